The van der Waals surface area contributed by atoms with Crippen LogP contribution in [0.5, 0.6) is 0 Å². The first-order chi connectivity index (χ1) is 12.3. The van der Waals surface area contributed by atoms with Crippen molar-refractivity contribution < 1.29 is 29.4 Å². The zero-order valence-corrected chi connectivity index (χ0v) is 14.7. The summed E-state index contributed by atoms with van der Waals surface area (Å²) >= 11 is 0. The van der Waals surface area contributed by atoms with Crippen molar-refractivity contribution >= 4 is 23.8 Å². The molecule has 140 valence electrons. The number of allylic oxidation sites excluding steroid dienone is 2. The van der Waals surface area contributed by atoms with Gasteiger partial charge in [-0.05, 0) is 51.4 Å². The molecule has 0 heterocycles. The van der Waals surface area contributed by atoms with Crippen LogP contribution >= 0.6 is 0 Å². The summed E-state index contributed by atoms with van der Waals surface area (Å²) in [7, 11) is 0. The van der Waals surface area contributed by atoms with E-state index in [-0.39, 0.29) is 47.5 Å². The van der Waals surface area contributed by atoms with Crippen LogP contribution in [0.15, 0.2) is 22.5 Å². The fraction of sp³-hybridized carbons (Fsp3) is 0.556. The molecule has 0 aromatic rings. The quantitative estimate of drug-likeness (QED) is 0.605. The van der Waals surface area contributed by atoms with Crippen molar-refractivity contribution in [1.29, 1.82) is 0 Å². The number of likely N-dealkylation sites (N-methyl/N-ethyl adjacent to an activating group) is 2. The van der Waals surface area contributed by atoms with Gasteiger partial charge in [-0.1, -0.05) is 0 Å². The maximum atomic E-state index is 13.2. The van der Waals surface area contributed by atoms with Crippen LogP contribution in [-0.4, -0.2) is 46.6 Å². The van der Waals surface area contributed by atoms with Crippen molar-refractivity contribution in [1.82, 2.24) is 9.80 Å². The summed E-state index contributed by atoms with van der Waals surface area (Å²) in [6, 6.07) is 0. The number of carboxylic acid groups (broad SMARTS) is 2. The predicted octanol–water partition coefficient (Wildman–Crippen LogP) is -0.203. The molecule has 0 unspecified atom stereocenters. The largest absolute Gasteiger partial charge is 0.530 e. The van der Waals surface area contributed by atoms with Gasteiger partial charge in [0.1, 0.15) is 12.2 Å². The number of ketones is 2. The number of nitrogens with zero attached hydrogens (tertiary/aromatic N) is 2. The first-order valence-electron chi connectivity index (χ1n) is 8.88. The molecule has 0 N–H and O–H groups in total. The Balaban J connectivity index is 2.20. The lowest BCUT2D eigenvalue weighted by molar-refractivity contribution is -0.264. The highest BCUT2D eigenvalue weighted by Crippen LogP contribution is 2.48. The highest BCUT2D eigenvalue weighted by atomic mass is 16.4. The molecule has 0 atom stereocenters. The summed E-state index contributed by atoms with van der Waals surface area (Å²) in [5.74, 6) is -1.61. The van der Waals surface area contributed by atoms with Crippen molar-refractivity contribution in [3.8, 4) is 0 Å². The van der Waals surface area contributed by atoms with Crippen LogP contribution < -0.4 is 10.2 Å². The van der Waals surface area contributed by atoms with Gasteiger partial charge in [-0.15, -0.1) is 0 Å². The third-order valence-corrected chi connectivity index (χ3v) is 5.01. The molecule has 0 bridgehead atoms. The van der Waals surface area contributed by atoms with Crippen LogP contribution in [0.2, 0.25) is 0 Å². The van der Waals surface area contributed by atoms with Crippen LogP contribution in [0.25, 0.3) is 0 Å². The minimum absolute atomic E-state index is 0.0296. The van der Waals surface area contributed by atoms with Gasteiger partial charge in [-0.25, -0.2) is 0 Å². The molecule has 0 aromatic carbocycles. The van der Waals surface area contributed by atoms with Crippen LogP contribution in [0.4, 0.5) is 9.59 Å². The Morgan fingerprint density at radius 2 is 1.12 bits per heavy atom. The molecule has 2 saturated carbocycles. The summed E-state index contributed by atoms with van der Waals surface area (Å²) < 4.78 is 0. The van der Waals surface area contributed by atoms with Crippen molar-refractivity contribution in [3.63, 3.8) is 0 Å². The minimum Gasteiger partial charge on any atom is -0.530 e. The van der Waals surface area contributed by atoms with E-state index >= 15 is 0 Å². The minimum atomic E-state index is -1.55. The molecular weight excluding hydrogens is 340 g/mol. The summed E-state index contributed by atoms with van der Waals surface area (Å²) in [5.41, 5.74) is -0.111. The summed E-state index contributed by atoms with van der Waals surface area (Å²) in [6.45, 7) is 3.05. The lowest BCUT2D eigenvalue weighted by Gasteiger charge is -2.35. The van der Waals surface area contributed by atoms with Crippen molar-refractivity contribution in [2.45, 2.75) is 39.5 Å². The number of Topliss-reactive ketones (excluding diaryl/α,β-unsaturated/α-hetero) is 2. The van der Waals surface area contributed by atoms with Crippen molar-refractivity contribution in [2.24, 2.45) is 11.8 Å². The normalized spacial score (nSPS) is 20.5. The zero-order valence-electron chi connectivity index (χ0n) is 14.7. The van der Waals surface area contributed by atoms with E-state index in [1.54, 1.807) is 13.8 Å². The van der Waals surface area contributed by atoms with E-state index in [0.717, 1.165) is 9.80 Å². The Morgan fingerprint density at radius 3 is 1.31 bits per heavy atom. The predicted molar refractivity (Wildman–Crippen MR) is 85.1 cm³/mol. The number of amides is 2. The second-order valence-corrected chi connectivity index (χ2v) is 6.75. The maximum absolute atomic E-state index is 13.2. The molecule has 0 spiro atoms. The third-order valence-electron chi connectivity index (χ3n) is 5.01. The van der Waals surface area contributed by atoms with Crippen LogP contribution in [0, 0.1) is 11.8 Å². The monoisotopic (exact) mass is 360 g/mol. The summed E-state index contributed by atoms with van der Waals surface area (Å²) in [4.78, 5) is 51.1. The molecule has 26 heavy (non-hydrogen) atoms. The van der Waals surface area contributed by atoms with Gasteiger partial charge in [-0.3, -0.25) is 9.59 Å². The molecule has 8 heteroatoms. The molecule has 0 aromatic heterocycles. The third kappa shape index (κ3) is 2.89. The second kappa shape index (κ2) is 6.59. The maximum Gasteiger partial charge on any atom is 0.208 e. The standard InChI is InChI=1S/C18H22N2O6/c1-3-19(17(23)24)13-11(9-5-6-9)16(22)14(20(4-2)18(25)26)12(15(13)21)10-7-8-10/h9-10H,3-8H2,1-2H3,(H,23,24)(H,25,26)/p-2. The van der Waals surface area contributed by atoms with Gasteiger partial charge in [0.05, 0.1) is 11.4 Å². The Hall–Kier alpha value is -2.64. The van der Waals surface area contributed by atoms with E-state index in [2.05, 4.69) is 0 Å². The van der Waals surface area contributed by atoms with Crippen molar-refractivity contribution in [2.75, 3.05) is 13.1 Å². The number of rotatable bonds is 6. The fourth-order valence-electron chi connectivity index (χ4n) is 3.51. The molecule has 0 aliphatic heterocycles. The molecule has 2 amide bonds. The zero-order chi connectivity index (χ0) is 19.2. The van der Waals surface area contributed by atoms with E-state index in [0.29, 0.717) is 25.7 Å². The smallest absolute Gasteiger partial charge is 0.208 e. The van der Waals surface area contributed by atoms with Gasteiger partial charge < -0.3 is 29.6 Å². The summed E-state index contributed by atoms with van der Waals surface area (Å²) in [6.07, 6.45) is -0.462. The van der Waals surface area contributed by atoms with E-state index in [1.807, 2.05) is 0 Å². The lowest BCUT2D eigenvalue weighted by Crippen LogP contribution is -2.49. The molecule has 0 saturated heterocycles. The van der Waals surface area contributed by atoms with Crippen LogP contribution in [0.1, 0.15) is 39.5 Å². The Labute approximate surface area is 150 Å². The highest BCUT2D eigenvalue weighted by molar-refractivity contribution is 6.26. The Morgan fingerprint density at radius 1 is 0.808 bits per heavy atom. The fourth-order valence-corrected chi connectivity index (χ4v) is 3.51. The first-order valence-corrected chi connectivity index (χ1v) is 8.88. The Kier molecular flexibility index (Phi) is 4.60. The average Bonchev–Trinajstić information content (AvgIpc) is 3.45. The van der Waals surface area contributed by atoms with Gasteiger partial charge in [0, 0.05) is 24.2 Å². The second-order valence-electron chi connectivity index (χ2n) is 6.75. The average molecular weight is 360 g/mol. The SMILES string of the molecule is CCN(C(=O)[O-])C1=C(C2CC2)C(=O)C(N(CC)C(=O)[O-])=C(C2CC2)C1=O. The number of carbonyl (C=O) groups excluding carboxylic acids is 4. The molecule has 2 fully saturated rings. The van der Waals surface area contributed by atoms with E-state index in [1.165, 1.54) is 0 Å². The van der Waals surface area contributed by atoms with Gasteiger partial charge in [0.25, 0.3) is 0 Å². The van der Waals surface area contributed by atoms with E-state index in [4.69, 9.17) is 0 Å². The molecule has 3 aliphatic rings. The summed E-state index contributed by atoms with van der Waals surface area (Å²) in [5, 5.41) is 23.1. The van der Waals surface area contributed by atoms with Crippen molar-refractivity contribution in [3.05, 3.63) is 22.5 Å². The number of hydrogen-bond acceptors (Lipinski definition) is 6. The number of hydrogen-bond donors (Lipinski definition) is 0. The molecular formula is C18H20N2O6-2. The van der Waals surface area contributed by atoms with Gasteiger partial charge in [0.2, 0.25) is 11.6 Å². The van der Waals surface area contributed by atoms with Crippen LogP contribution in [-0.2, 0) is 9.59 Å². The molecule has 8 nitrogen and oxygen atoms in total. The lowest BCUT2D eigenvalue weighted by atomic mass is 9.85. The van der Waals surface area contributed by atoms with Crippen LogP contribution in [0.3, 0.4) is 0 Å². The van der Waals surface area contributed by atoms with Gasteiger partial charge in [-0.2, -0.15) is 0 Å². The first kappa shape index (κ1) is 18.2. The van der Waals surface area contributed by atoms with Gasteiger partial charge >= 0.3 is 0 Å². The molecule has 0 radical (unpaired) electrons. The molecule has 3 aliphatic carbocycles. The Bertz CT molecular complexity index is 694. The van der Waals surface area contributed by atoms with Gasteiger partial charge in [0.15, 0.2) is 0 Å². The van der Waals surface area contributed by atoms with E-state index in [9.17, 15) is 29.4 Å². The van der Waals surface area contributed by atoms with E-state index < -0.39 is 23.8 Å². The highest BCUT2D eigenvalue weighted by Gasteiger charge is 2.48. The number of carbonyl (C=O) groups is 4. The topological polar surface area (TPSA) is 121 Å². The molecule has 3 rings (SSSR count).